The van der Waals surface area contributed by atoms with E-state index in [1.54, 1.807) is 49.9 Å². The number of benzene rings is 4. The highest BCUT2D eigenvalue weighted by Gasteiger charge is 2.51. The topological polar surface area (TPSA) is 249 Å². The normalized spacial score (nSPS) is 19.2. The number of rotatable bonds is 12. The number of hydrogen-bond donors (Lipinski definition) is 5. The number of fused-ring (bicyclic) bond motifs is 3. The molecule has 22 heteroatoms. The molecule has 1 unspecified atom stereocenters. The molecule has 4 atom stereocenters. The summed E-state index contributed by atoms with van der Waals surface area (Å²) in [6.45, 7) is 5.46. The Kier molecular flexibility index (Phi) is 15.1. The number of thiophene rings is 1. The lowest BCUT2D eigenvalue weighted by atomic mass is 9.83. The van der Waals surface area contributed by atoms with Gasteiger partial charge in [0, 0.05) is 54.2 Å². The Morgan fingerprint density at radius 1 is 0.922 bits per heavy atom. The molecule has 5 heterocycles. The van der Waals surface area contributed by atoms with Gasteiger partial charge >= 0.3 is 13.3 Å². The van der Waals surface area contributed by atoms with Crippen LogP contribution < -0.4 is 20.7 Å². The third kappa shape index (κ3) is 11.1. The van der Waals surface area contributed by atoms with E-state index < -0.39 is 90.3 Å². The van der Waals surface area contributed by atoms with Crippen molar-refractivity contribution in [2.75, 3.05) is 26.2 Å². The minimum atomic E-state index is -5.87. The second-order valence-corrected chi connectivity index (χ2v) is 23.1. The third-order valence-electron chi connectivity index (χ3n) is 14.2. The molecular formula is C55H53F2N6O12PS. The number of imide groups is 2. The number of ether oxygens (including phenoxy) is 1. The maximum Gasteiger partial charge on any atom is 0.399 e. The van der Waals surface area contributed by atoms with Gasteiger partial charge in [-0.3, -0.25) is 53.1 Å². The van der Waals surface area contributed by atoms with Crippen LogP contribution in [0.5, 0.6) is 5.75 Å². The van der Waals surface area contributed by atoms with Gasteiger partial charge in [0.1, 0.15) is 23.9 Å². The van der Waals surface area contributed by atoms with Crippen molar-refractivity contribution in [1.82, 2.24) is 30.7 Å². The monoisotopic (exact) mass is 1090 g/mol. The van der Waals surface area contributed by atoms with Crippen molar-refractivity contribution in [2.45, 2.75) is 89.1 Å². The van der Waals surface area contributed by atoms with Crippen molar-refractivity contribution in [3.05, 3.63) is 135 Å². The molecule has 8 amide bonds. The summed E-state index contributed by atoms with van der Waals surface area (Å²) in [6.07, 6.45) is 1.70. The first kappa shape index (κ1) is 54.2. The van der Waals surface area contributed by atoms with Gasteiger partial charge in [-0.25, -0.2) is 0 Å². The van der Waals surface area contributed by atoms with Crippen molar-refractivity contribution in [3.63, 3.8) is 0 Å². The van der Waals surface area contributed by atoms with Crippen LogP contribution in [-0.2, 0) is 47.2 Å². The fourth-order valence-electron chi connectivity index (χ4n) is 10.1. The van der Waals surface area contributed by atoms with Gasteiger partial charge in [0.15, 0.2) is 6.61 Å². The zero-order valence-electron chi connectivity index (χ0n) is 42.0. The number of nitrogens with zero attached hydrogens (tertiary/aromatic N) is 3. The summed E-state index contributed by atoms with van der Waals surface area (Å²) < 4.78 is 47.2. The zero-order chi connectivity index (χ0) is 55.1. The number of piperidine rings is 2. The van der Waals surface area contributed by atoms with Gasteiger partial charge in [-0.1, -0.05) is 81.1 Å². The predicted octanol–water partition coefficient (Wildman–Crippen LogP) is 5.58. The van der Waals surface area contributed by atoms with Crippen LogP contribution in [0.4, 0.5) is 8.78 Å². The second-order valence-electron chi connectivity index (χ2n) is 20.4. The molecule has 18 nitrogen and oxygen atoms in total. The summed E-state index contributed by atoms with van der Waals surface area (Å²) in [5.41, 5.74) is -3.58. The minimum absolute atomic E-state index is 0.00323. The van der Waals surface area contributed by atoms with E-state index in [1.807, 2.05) is 30.3 Å². The van der Waals surface area contributed by atoms with E-state index in [-0.39, 0.29) is 76.9 Å². The molecule has 2 saturated heterocycles. The summed E-state index contributed by atoms with van der Waals surface area (Å²) in [5, 5.41) is 7.77. The number of carbonyl (C=O) groups excluding carboxylic acids is 8. The molecule has 4 aromatic carbocycles. The largest absolute Gasteiger partial charge is 0.484 e. The van der Waals surface area contributed by atoms with Gasteiger partial charge < -0.3 is 35.0 Å². The van der Waals surface area contributed by atoms with Crippen LogP contribution >= 0.6 is 18.9 Å². The van der Waals surface area contributed by atoms with Gasteiger partial charge in [0.2, 0.25) is 23.6 Å². The molecule has 77 heavy (non-hydrogen) atoms. The van der Waals surface area contributed by atoms with Crippen LogP contribution in [0.15, 0.2) is 91.0 Å². The van der Waals surface area contributed by atoms with E-state index >= 15 is 4.79 Å². The molecule has 0 aliphatic carbocycles. The Labute approximate surface area is 444 Å². The van der Waals surface area contributed by atoms with Crippen LogP contribution in [0.1, 0.15) is 111 Å². The van der Waals surface area contributed by atoms with Crippen molar-refractivity contribution >= 4 is 76.3 Å². The van der Waals surface area contributed by atoms with E-state index in [9.17, 15) is 56.7 Å². The molecule has 0 radical (unpaired) electrons. The molecule has 1 aromatic heterocycles. The number of nitrogens with one attached hydrogen (secondary N) is 3. The van der Waals surface area contributed by atoms with E-state index in [2.05, 4.69) is 27.8 Å². The lowest BCUT2D eigenvalue weighted by Gasteiger charge is -2.43. The van der Waals surface area contributed by atoms with Crippen LogP contribution in [0, 0.1) is 17.3 Å². The van der Waals surface area contributed by atoms with Gasteiger partial charge in [-0.15, -0.1) is 11.3 Å². The Balaban J connectivity index is 0.906. The summed E-state index contributed by atoms with van der Waals surface area (Å²) in [6, 6.07) is 20.5. The van der Waals surface area contributed by atoms with E-state index in [0.717, 1.165) is 52.3 Å². The molecule has 5 aromatic rings. The number of likely N-dealkylation sites (tertiary alicyclic amines) is 1. The fraction of sp³-hybridized carbons (Fsp3) is 0.345. The molecule has 400 valence electrons. The molecule has 9 rings (SSSR count). The van der Waals surface area contributed by atoms with Gasteiger partial charge in [0.05, 0.1) is 22.5 Å². The number of halogens is 2. The van der Waals surface area contributed by atoms with Crippen LogP contribution in [-0.4, -0.2) is 116 Å². The van der Waals surface area contributed by atoms with Crippen molar-refractivity contribution in [2.24, 2.45) is 5.41 Å². The standard InChI is InChI=1S/C55H53F2N6O12PS/c1-54(2,3)47(60-49(67)43-27-35-24-37(17-20-42(35)77-43)55(56,57)76(72,73)74)53(71)62-29-36-25-38(18-16-33(36)26-41(62)51(69)61-23-9-14-34(28-61)31-10-5-4-6-11-31)75-30-45(65)58-22-8-13-32-12-7-15-39-46(32)52(70)63(50(39)68)40-19-21-44(64)59-48(40)66/h4-7,10-12,15-18,20,24-25,27,34,40-41,47H,9,14,19,21-23,26,28-30H2,1-3H3,(H,58,65)(H,60,67)(H,59,64,66)(H2,72,73,74)/t34-,40?,41-,47+/m0/s1. The average Bonchev–Trinajstić information content (AvgIpc) is 4.03. The number of alkyl halides is 2. The maximum atomic E-state index is 15.2. The molecule has 0 bridgehead atoms. The Hall–Kier alpha value is -7.63. The Bertz CT molecular complexity index is 3380. The lowest BCUT2D eigenvalue weighted by Crippen LogP contribution is -2.61. The molecule has 0 spiro atoms. The first-order valence-corrected chi connectivity index (χ1v) is 27.2. The SMILES string of the molecule is CC(C)(C)[C@H](NC(=O)c1cc2cc(C(F)(F)P(=O)(O)O)ccc2s1)C(=O)N1Cc2cc(OCC(=O)NCC#Cc3cccc4c3C(=O)N(C3CCC(=O)NC3=O)C4=O)ccc2C[C@H]1C(=O)N1CCC[C@H](c2ccccc2)C1. The zero-order valence-corrected chi connectivity index (χ0v) is 43.7. The molecule has 4 aliphatic heterocycles. The molecule has 0 saturated carbocycles. The first-order chi connectivity index (χ1) is 36.5. The molecule has 5 N–H and O–H groups in total. The highest BCUT2D eigenvalue weighted by atomic mass is 32.1. The fourth-order valence-corrected chi connectivity index (χ4v) is 11.5. The lowest BCUT2D eigenvalue weighted by molar-refractivity contribution is -0.150. The molecular weight excluding hydrogens is 1040 g/mol. The van der Waals surface area contributed by atoms with E-state index in [4.69, 9.17) is 4.74 Å². The first-order valence-electron chi connectivity index (χ1n) is 24.8. The predicted molar refractivity (Wildman–Crippen MR) is 276 cm³/mol. The minimum Gasteiger partial charge on any atom is -0.484 e. The summed E-state index contributed by atoms with van der Waals surface area (Å²) in [4.78, 5) is 131. The van der Waals surface area contributed by atoms with Crippen LogP contribution in [0.3, 0.4) is 0 Å². The van der Waals surface area contributed by atoms with Crippen molar-refractivity contribution in [3.8, 4) is 17.6 Å². The number of carbonyl (C=O) groups is 8. The summed E-state index contributed by atoms with van der Waals surface area (Å²) in [5.74, 6) is 1.24. The van der Waals surface area contributed by atoms with Gasteiger partial charge in [0.25, 0.3) is 23.6 Å². The van der Waals surface area contributed by atoms with Crippen molar-refractivity contribution in [1.29, 1.82) is 0 Å². The second kappa shape index (κ2) is 21.4. The van der Waals surface area contributed by atoms with Crippen LogP contribution in [0.2, 0.25) is 0 Å². The molecule has 4 aliphatic rings. The van der Waals surface area contributed by atoms with Gasteiger partial charge in [-0.2, -0.15) is 8.78 Å². The van der Waals surface area contributed by atoms with E-state index in [1.165, 1.54) is 29.2 Å². The summed E-state index contributed by atoms with van der Waals surface area (Å²) in [7, 11) is -5.87. The molecule has 2 fully saturated rings. The highest BCUT2D eigenvalue weighted by Crippen LogP contribution is 2.59. The number of hydrogen-bond acceptors (Lipinski definition) is 11. The van der Waals surface area contributed by atoms with Gasteiger partial charge in [-0.05, 0) is 89.2 Å². The smallest absolute Gasteiger partial charge is 0.399 e. The van der Waals surface area contributed by atoms with Crippen molar-refractivity contribution < 1.29 is 66.2 Å². The Morgan fingerprint density at radius 3 is 2.42 bits per heavy atom. The number of amides is 8. The highest BCUT2D eigenvalue weighted by molar-refractivity contribution is 7.52. The third-order valence-corrected chi connectivity index (χ3v) is 16.3. The average molecular weight is 1090 g/mol. The van der Waals surface area contributed by atoms with Crippen LogP contribution in [0.25, 0.3) is 10.1 Å². The summed E-state index contributed by atoms with van der Waals surface area (Å²) >= 11 is 0.940. The maximum absolute atomic E-state index is 15.2. The quantitative estimate of drug-likeness (QED) is 0.0584. The van der Waals surface area contributed by atoms with E-state index in [0.29, 0.717) is 23.4 Å². The Morgan fingerprint density at radius 2 is 1.69 bits per heavy atom.